The quantitative estimate of drug-likeness (QED) is 0.567. The Morgan fingerprint density at radius 3 is 2.64 bits per heavy atom. The number of aromatic nitrogens is 2. The van der Waals surface area contributed by atoms with Gasteiger partial charge < -0.3 is 8.83 Å². The number of benzene rings is 2. The van der Waals surface area contributed by atoms with Crippen LogP contribution in [0.3, 0.4) is 0 Å². The molecule has 0 spiro atoms. The molecule has 0 unspecified atom stereocenters. The van der Waals surface area contributed by atoms with Gasteiger partial charge in [-0.05, 0) is 30.3 Å². The summed E-state index contributed by atoms with van der Waals surface area (Å²) in [6.45, 7) is 0. The topological polar surface area (TPSA) is 127 Å². The fraction of sp³-hybridized carbons (Fsp3) is 0.0667. The molecule has 25 heavy (non-hydrogen) atoms. The van der Waals surface area contributed by atoms with Gasteiger partial charge in [-0.15, -0.1) is 0 Å². The summed E-state index contributed by atoms with van der Waals surface area (Å²) in [7, 11) is -2.38. The van der Waals surface area contributed by atoms with E-state index in [0.29, 0.717) is 16.6 Å². The molecule has 0 atom stereocenters. The molecule has 0 amide bonds. The van der Waals surface area contributed by atoms with Crippen LogP contribution in [0, 0.1) is 0 Å². The molecule has 4 rings (SSSR count). The van der Waals surface area contributed by atoms with E-state index in [1.807, 2.05) is 0 Å². The SMILES string of the molecule is Cn1c(=O)oc2cc(S(=O)(=O)Nc3ccc4oc(=O)[nH]c4c3)ccc21. The summed E-state index contributed by atoms with van der Waals surface area (Å²) >= 11 is 0. The number of nitrogens with zero attached hydrogens (tertiary/aromatic N) is 1. The van der Waals surface area contributed by atoms with Crippen molar-refractivity contribution in [3.63, 3.8) is 0 Å². The summed E-state index contributed by atoms with van der Waals surface area (Å²) in [5.74, 6) is -1.20. The van der Waals surface area contributed by atoms with E-state index in [2.05, 4.69) is 9.71 Å². The van der Waals surface area contributed by atoms with E-state index in [1.165, 1.54) is 48.0 Å². The molecular formula is C15H11N3O6S. The predicted octanol–water partition coefficient (Wildman–Crippen LogP) is 1.37. The molecule has 0 bridgehead atoms. The zero-order chi connectivity index (χ0) is 17.8. The highest BCUT2D eigenvalue weighted by Gasteiger charge is 2.17. The normalized spacial score (nSPS) is 12.0. The molecule has 0 saturated heterocycles. The zero-order valence-electron chi connectivity index (χ0n) is 12.8. The number of hydrogen-bond donors (Lipinski definition) is 2. The molecule has 2 aromatic carbocycles. The zero-order valence-corrected chi connectivity index (χ0v) is 13.6. The number of anilines is 1. The standard InChI is InChI=1S/C15H11N3O6S/c1-18-11-4-3-9(7-13(11)24-15(18)20)25(21,22)17-8-2-5-12-10(6-8)16-14(19)23-12/h2-7,17H,1H3,(H,16,19). The van der Waals surface area contributed by atoms with E-state index >= 15 is 0 Å². The van der Waals surface area contributed by atoms with Crippen molar-refractivity contribution < 1.29 is 17.3 Å². The molecule has 0 aliphatic heterocycles. The van der Waals surface area contributed by atoms with Gasteiger partial charge in [-0.1, -0.05) is 0 Å². The van der Waals surface area contributed by atoms with E-state index in [0.717, 1.165) is 0 Å². The van der Waals surface area contributed by atoms with Crippen molar-refractivity contribution in [2.24, 2.45) is 7.05 Å². The van der Waals surface area contributed by atoms with Gasteiger partial charge in [0, 0.05) is 13.1 Å². The van der Waals surface area contributed by atoms with Gasteiger partial charge in [-0.2, -0.15) is 0 Å². The molecular weight excluding hydrogens is 350 g/mol. The molecule has 4 aromatic rings. The first kappa shape index (κ1) is 15.3. The van der Waals surface area contributed by atoms with E-state index in [1.54, 1.807) is 0 Å². The minimum Gasteiger partial charge on any atom is -0.408 e. The first-order valence-corrected chi connectivity index (χ1v) is 8.57. The highest BCUT2D eigenvalue weighted by atomic mass is 32.2. The maximum Gasteiger partial charge on any atom is 0.419 e. The molecule has 10 heteroatoms. The lowest BCUT2D eigenvalue weighted by molar-refractivity contribution is 0.527. The molecule has 128 valence electrons. The summed E-state index contributed by atoms with van der Waals surface area (Å²) in [5, 5.41) is 0. The number of fused-ring (bicyclic) bond motifs is 2. The smallest absolute Gasteiger partial charge is 0.408 e. The number of aryl methyl sites for hydroxylation is 1. The molecule has 0 fully saturated rings. The van der Waals surface area contributed by atoms with Gasteiger partial charge in [0.1, 0.15) is 0 Å². The highest BCUT2D eigenvalue weighted by Crippen LogP contribution is 2.22. The average molecular weight is 361 g/mol. The number of aromatic amines is 1. The fourth-order valence-electron chi connectivity index (χ4n) is 2.51. The summed E-state index contributed by atoms with van der Waals surface area (Å²) < 4.78 is 38.6. The first-order valence-electron chi connectivity index (χ1n) is 7.09. The van der Waals surface area contributed by atoms with E-state index < -0.39 is 21.5 Å². The van der Waals surface area contributed by atoms with Gasteiger partial charge in [-0.25, -0.2) is 18.0 Å². The number of H-pyrrole nitrogens is 1. The van der Waals surface area contributed by atoms with Crippen molar-refractivity contribution in [2.75, 3.05) is 4.72 Å². The van der Waals surface area contributed by atoms with Crippen LogP contribution in [0.15, 0.2) is 59.7 Å². The van der Waals surface area contributed by atoms with Crippen molar-refractivity contribution in [1.29, 1.82) is 0 Å². The van der Waals surface area contributed by atoms with Crippen LogP contribution < -0.4 is 16.2 Å². The maximum atomic E-state index is 12.5. The van der Waals surface area contributed by atoms with Gasteiger partial charge in [-0.3, -0.25) is 14.3 Å². The van der Waals surface area contributed by atoms with Crippen LogP contribution in [0.2, 0.25) is 0 Å². The molecule has 2 N–H and O–H groups in total. The first-order chi connectivity index (χ1) is 11.8. The number of rotatable bonds is 3. The Morgan fingerprint density at radius 1 is 1.04 bits per heavy atom. The van der Waals surface area contributed by atoms with E-state index in [-0.39, 0.29) is 16.2 Å². The van der Waals surface area contributed by atoms with Crippen LogP contribution in [0.5, 0.6) is 0 Å². The summed E-state index contributed by atoms with van der Waals surface area (Å²) in [6.07, 6.45) is 0. The van der Waals surface area contributed by atoms with E-state index in [4.69, 9.17) is 8.83 Å². The Hall–Kier alpha value is -3.27. The Bertz CT molecular complexity index is 1340. The Balaban J connectivity index is 1.75. The average Bonchev–Trinajstić information content (AvgIpc) is 3.05. The summed E-state index contributed by atoms with van der Waals surface area (Å²) in [5.41, 5.74) is 1.60. The predicted molar refractivity (Wildman–Crippen MR) is 89.1 cm³/mol. The number of oxazole rings is 2. The lowest BCUT2D eigenvalue weighted by Crippen LogP contribution is -2.12. The van der Waals surface area contributed by atoms with Gasteiger partial charge >= 0.3 is 11.5 Å². The molecule has 0 aliphatic carbocycles. The maximum absolute atomic E-state index is 12.5. The van der Waals surface area contributed by atoms with Crippen molar-refractivity contribution in [3.8, 4) is 0 Å². The third-order valence-electron chi connectivity index (χ3n) is 3.75. The lowest BCUT2D eigenvalue weighted by Gasteiger charge is -2.08. The van der Waals surface area contributed by atoms with Gasteiger partial charge in [0.15, 0.2) is 11.2 Å². The molecule has 2 heterocycles. The van der Waals surface area contributed by atoms with Crippen LogP contribution in [-0.4, -0.2) is 18.0 Å². The van der Waals surface area contributed by atoms with Gasteiger partial charge in [0.25, 0.3) is 10.0 Å². The van der Waals surface area contributed by atoms with Crippen molar-refractivity contribution in [3.05, 3.63) is 57.5 Å². The van der Waals surface area contributed by atoms with Gasteiger partial charge in [0.05, 0.1) is 21.6 Å². The van der Waals surface area contributed by atoms with Crippen molar-refractivity contribution >= 4 is 37.9 Å². The largest absolute Gasteiger partial charge is 0.419 e. The monoisotopic (exact) mass is 361 g/mol. The second kappa shape index (κ2) is 5.11. The Labute approximate surface area is 139 Å². The second-order valence-electron chi connectivity index (χ2n) is 5.39. The number of hydrogen-bond acceptors (Lipinski definition) is 6. The molecule has 0 saturated carbocycles. The van der Waals surface area contributed by atoms with E-state index in [9.17, 15) is 18.0 Å². The van der Waals surface area contributed by atoms with Crippen LogP contribution in [0.4, 0.5) is 5.69 Å². The van der Waals surface area contributed by atoms with Crippen molar-refractivity contribution in [2.45, 2.75) is 4.90 Å². The minimum atomic E-state index is -3.91. The van der Waals surface area contributed by atoms with Crippen LogP contribution in [0.25, 0.3) is 22.2 Å². The summed E-state index contributed by atoms with van der Waals surface area (Å²) in [4.78, 5) is 25.1. The third-order valence-corrected chi connectivity index (χ3v) is 5.12. The Kier molecular flexibility index (Phi) is 3.12. The number of nitrogens with one attached hydrogen (secondary N) is 2. The fourth-order valence-corrected chi connectivity index (χ4v) is 3.58. The number of sulfonamides is 1. The lowest BCUT2D eigenvalue weighted by atomic mass is 10.3. The molecule has 0 aliphatic rings. The second-order valence-corrected chi connectivity index (χ2v) is 7.07. The van der Waals surface area contributed by atoms with Crippen LogP contribution >= 0.6 is 0 Å². The van der Waals surface area contributed by atoms with Crippen LogP contribution in [-0.2, 0) is 17.1 Å². The Morgan fingerprint density at radius 2 is 1.84 bits per heavy atom. The molecule has 9 nitrogen and oxygen atoms in total. The van der Waals surface area contributed by atoms with Crippen molar-refractivity contribution in [1.82, 2.24) is 9.55 Å². The summed E-state index contributed by atoms with van der Waals surface area (Å²) in [6, 6.07) is 8.53. The third kappa shape index (κ3) is 2.52. The van der Waals surface area contributed by atoms with Gasteiger partial charge in [0.2, 0.25) is 0 Å². The molecule has 2 aromatic heterocycles. The molecule has 0 radical (unpaired) electrons. The minimum absolute atomic E-state index is 0.0601. The highest BCUT2D eigenvalue weighted by molar-refractivity contribution is 7.92. The van der Waals surface area contributed by atoms with Crippen LogP contribution in [0.1, 0.15) is 0 Å².